The summed E-state index contributed by atoms with van der Waals surface area (Å²) >= 11 is 0. The number of hydrogen-bond acceptors (Lipinski definition) is 8. The van der Waals surface area contributed by atoms with Crippen LogP contribution >= 0.6 is 0 Å². The van der Waals surface area contributed by atoms with Crippen molar-refractivity contribution in [3.05, 3.63) is 92.3 Å². The van der Waals surface area contributed by atoms with E-state index in [-0.39, 0.29) is 89.4 Å². The molecular formula is C34H12F6N8. The maximum Gasteiger partial charge on any atom is 0.417 e. The zero-order valence-corrected chi connectivity index (χ0v) is 24.3. The Labute approximate surface area is 265 Å². The van der Waals surface area contributed by atoms with Gasteiger partial charge in [0.15, 0.2) is 0 Å². The summed E-state index contributed by atoms with van der Waals surface area (Å²) in [6, 6.07) is 13.8. The second-order valence-corrected chi connectivity index (χ2v) is 11.1. The molecule has 0 aliphatic heterocycles. The highest BCUT2D eigenvalue weighted by atomic mass is 19.4. The molecule has 8 nitrogen and oxygen atoms in total. The maximum atomic E-state index is 14.3. The molecular weight excluding hydrogens is 634 g/mol. The third-order valence-corrected chi connectivity index (χ3v) is 8.13. The number of nitrogens with zero attached hydrogens (tertiary/aromatic N) is 8. The Hall–Kier alpha value is -6.64. The standard InChI is InChI=1S/C34H12F6N8/c1-13-3-18-26(15(9-41)10-42)31-32(28(18)20(4-13)34(38,39)40)48-24-8-22-21(7-23(24)47-31)45-29-25-14(2)5-17(33(35,36)37)6-19(25)27(30(29)46-22)16(11-43)12-44/h3-8H,1-2H3. The van der Waals surface area contributed by atoms with Crippen LogP contribution in [0.5, 0.6) is 0 Å². The number of aromatic nitrogens is 4. The zero-order valence-electron chi connectivity index (χ0n) is 24.3. The van der Waals surface area contributed by atoms with Crippen molar-refractivity contribution in [1.29, 1.82) is 21.0 Å². The molecule has 0 radical (unpaired) electrons. The van der Waals surface area contributed by atoms with Gasteiger partial charge in [-0.05, 0) is 66.4 Å². The summed E-state index contributed by atoms with van der Waals surface area (Å²) < 4.78 is 84.3. The van der Waals surface area contributed by atoms with Crippen LogP contribution in [0.1, 0.15) is 44.8 Å². The van der Waals surface area contributed by atoms with Crippen LogP contribution in [0, 0.1) is 59.2 Å². The van der Waals surface area contributed by atoms with Crippen LogP contribution in [0.4, 0.5) is 26.3 Å². The number of aryl methyl sites for hydroxylation is 2. The molecule has 0 N–H and O–H groups in total. The normalized spacial score (nSPS) is 12.8. The lowest BCUT2D eigenvalue weighted by atomic mass is 9.95. The fraction of sp³-hybridized carbons (Fsp3) is 0.118. The predicted octanol–water partition coefficient (Wildman–Crippen LogP) is 7.89. The van der Waals surface area contributed by atoms with Gasteiger partial charge >= 0.3 is 12.4 Å². The van der Waals surface area contributed by atoms with Crippen molar-refractivity contribution in [2.45, 2.75) is 26.2 Å². The zero-order chi connectivity index (χ0) is 34.4. The Morgan fingerprint density at radius 3 is 1.42 bits per heavy atom. The molecule has 2 heterocycles. The summed E-state index contributed by atoms with van der Waals surface area (Å²) in [5, 5.41) is 38.9. The number of rotatable bonds is 0. The lowest BCUT2D eigenvalue weighted by Crippen LogP contribution is -2.08. The van der Waals surface area contributed by atoms with Crippen molar-refractivity contribution < 1.29 is 26.3 Å². The first-order valence-corrected chi connectivity index (χ1v) is 13.8. The molecule has 0 atom stereocenters. The van der Waals surface area contributed by atoms with Crippen molar-refractivity contribution in [3.63, 3.8) is 0 Å². The van der Waals surface area contributed by atoms with E-state index in [1.807, 2.05) is 0 Å². The van der Waals surface area contributed by atoms with Crippen molar-refractivity contribution in [3.8, 4) is 46.8 Å². The molecule has 0 saturated carbocycles. The predicted molar refractivity (Wildman–Crippen MR) is 157 cm³/mol. The molecule has 14 heteroatoms. The van der Waals surface area contributed by atoms with E-state index < -0.39 is 34.6 Å². The number of allylic oxidation sites excluding steroid dienone is 2. The fourth-order valence-corrected chi connectivity index (χ4v) is 6.26. The summed E-state index contributed by atoms with van der Waals surface area (Å²) in [7, 11) is 0. The van der Waals surface area contributed by atoms with E-state index in [0.717, 1.165) is 18.2 Å². The van der Waals surface area contributed by atoms with Crippen LogP contribution in [0.25, 0.3) is 55.7 Å². The fourth-order valence-electron chi connectivity index (χ4n) is 6.26. The molecule has 0 amide bonds. The van der Waals surface area contributed by atoms with Gasteiger partial charge in [0.25, 0.3) is 0 Å². The van der Waals surface area contributed by atoms with E-state index in [2.05, 4.69) is 19.9 Å². The number of fused-ring (bicyclic) bond motifs is 8. The Bertz CT molecular complexity index is 2570. The smallest absolute Gasteiger partial charge is 0.244 e. The minimum Gasteiger partial charge on any atom is -0.244 e. The molecule has 3 aromatic carbocycles. The highest BCUT2D eigenvalue weighted by Crippen LogP contribution is 2.51. The van der Waals surface area contributed by atoms with Crippen LogP contribution in [-0.4, -0.2) is 19.9 Å². The van der Waals surface area contributed by atoms with Crippen LogP contribution in [-0.2, 0) is 12.4 Å². The average Bonchev–Trinajstić information content (AvgIpc) is 3.50. The first kappa shape index (κ1) is 30.0. The molecule has 0 saturated heterocycles. The summed E-state index contributed by atoms with van der Waals surface area (Å²) in [6.45, 7) is 2.89. The Morgan fingerprint density at radius 1 is 0.542 bits per heavy atom. The SMILES string of the molecule is Cc1cc2c(c(C(F)(F)F)c1)-c1nc3cc4nc5c(nc4cc3nc1C2=C(C#N)C#N)-c1c(C)cc(C(F)(F)F)cc1C5=C(C#N)C#N. The van der Waals surface area contributed by atoms with E-state index >= 15 is 0 Å². The van der Waals surface area contributed by atoms with Gasteiger partial charge in [-0.1, -0.05) is 6.07 Å². The molecule has 0 spiro atoms. The lowest BCUT2D eigenvalue weighted by Gasteiger charge is -2.13. The van der Waals surface area contributed by atoms with Gasteiger partial charge in [0.2, 0.25) is 0 Å². The highest BCUT2D eigenvalue weighted by Gasteiger charge is 2.42. The Kier molecular flexibility index (Phi) is 6.21. The van der Waals surface area contributed by atoms with Gasteiger partial charge < -0.3 is 0 Å². The van der Waals surface area contributed by atoms with Crippen LogP contribution in [0.2, 0.25) is 0 Å². The molecule has 2 aliphatic carbocycles. The van der Waals surface area contributed by atoms with E-state index in [1.165, 1.54) is 32.0 Å². The van der Waals surface area contributed by atoms with Crippen molar-refractivity contribution in [2.75, 3.05) is 0 Å². The molecule has 2 aliphatic rings. The maximum absolute atomic E-state index is 14.3. The molecule has 0 unspecified atom stereocenters. The second kappa shape index (κ2) is 9.93. The highest BCUT2D eigenvalue weighted by molar-refractivity contribution is 6.07. The van der Waals surface area contributed by atoms with Gasteiger partial charge in [0.1, 0.15) is 35.4 Å². The minimum absolute atomic E-state index is 0.0221. The summed E-state index contributed by atoms with van der Waals surface area (Å²) in [5.41, 5.74) is -2.76. The van der Waals surface area contributed by atoms with E-state index in [0.29, 0.717) is 0 Å². The Balaban J connectivity index is 1.56. The number of benzene rings is 3. The molecule has 230 valence electrons. The van der Waals surface area contributed by atoms with Gasteiger partial charge in [0, 0.05) is 22.3 Å². The third kappa shape index (κ3) is 4.21. The topological polar surface area (TPSA) is 147 Å². The minimum atomic E-state index is -4.82. The number of halogens is 6. The monoisotopic (exact) mass is 646 g/mol. The van der Waals surface area contributed by atoms with Crippen molar-refractivity contribution >= 4 is 33.2 Å². The summed E-state index contributed by atoms with van der Waals surface area (Å²) in [5.74, 6) is 0. The molecule has 2 aromatic heterocycles. The quantitative estimate of drug-likeness (QED) is 0.0918. The van der Waals surface area contributed by atoms with Crippen molar-refractivity contribution in [1.82, 2.24) is 19.9 Å². The van der Waals surface area contributed by atoms with Crippen LogP contribution in [0.15, 0.2) is 47.5 Å². The first-order valence-electron chi connectivity index (χ1n) is 13.8. The second-order valence-electron chi connectivity index (χ2n) is 11.1. The van der Waals surface area contributed by atoms with Gasteiger partial charge in [-0.3, -0.25) is 0 Å². The largest absolute Gasteiger partial charge is 0.417 e. The van der Waals surface area contributed by atoms with E-state index in [9.17, 15) is 47.4 Å². The Morgan fingerprint density at radius 2 is 0.979 bits per heavy atom. The van der Waals surface area contributed by atoms with E-state index in [1.54, 1.807) is 24.3 Å². The van der Waals surface area contributed by atoms with E-state index in [4.69, 9.17) is 0 Å². The van der Waals surface area contributed by atoms with Gasteiger partial charge in [-0.2, -0.15) is 47.4 Å². The molecule has 48 heavy (non-hydrogen) atoms. The first-order chi connectivity index (χ1) is 22.7. The number of alkyl halides is 6. The van der Waals surface area contributed by atoms with Crippen LogP contribution in [0.3, 0.4) is 0 Å². The average molecular weight is 647 g/mol. The van der Waals surface area contributed by atoms with Gasteiger partial charge in [-0.15, -0.1) is 0 Å². The molecule has 5 aromatic rings. The summed E-state index contributed by atoms with van der Waals surface area (Å²) in [4.78, 5) is 18.3. The van der Waals surface area contributed by atoms with Gasteiger partial charge in [0.05, 0.1) is 56.0 Å². The van der Waals surface area contributed by atoms with Crippen LogP contribution < -0.4 is 0 Å². The number of nitriles is 4. The molecule has 0 bridgehead atoms. The molecule has 0 fully saturated rings. The molecule has 7 rings (SSSR count). The van der Waals surface area contributed by atoms with Crippen molar-refractivity contribution in [2.24, 2.45) is 0 Å². The summed E-state index contributed by atoms with van der Waals surface area (Å²) in [6.07, 6.45) is -9.55. The lowest BCUT2D eigenvalue weighted by molar-refractivity contribution is -0.138. The van der Waals surface area contributed by atoms with Gasteiger partial charge in [-0.25, -0.2) is 19.9 Å². The third-order valence-electron chi connectivity index (χ3n) is 8.13. The number of hydrogen-bond donors (Lipinski definition) is 0.